The Morgan fingerprint density at radius 1 is 0.865 bits per heavy atom. The summed E-state index contributed by atoms with van der Waals surface area (Å²) < 4.78 is 12.0. The van der Waals surface area contributed by atoms with Crippen LogP contribution < -0.4 is 5.32 Å². The Balaban J connectivity index is 2.09. The molecule has 0 saturated heterocycles. The second kappa shape index (κ2) is 17.2. The highest BCUT2D eigenvalue weighted by atomic mass is 16.6. The summed E-state index contributed by atoms with van der Waals surface area (Å²) in [6.45, 7) is 8.21. The molecule has 0 spiro atoms. The highest BCUT2D eigenvalue weighted by molar-refractivity contribution is 5.68. The maximum atomic E-state index is 12.8. The van der Waals surface area contributed by atoms with Crippen molar-refractivity contribution >= 4 is 6.09 Å². The van der Waals surface area contributed by atoms with Crippen LogP contribution >= 0.6 is 0 Å². The third kappa shape index (κ3) is 14.2. The van der Waals surface area contributed by atoms with Gasteiger partial charge in [0.25, 0.3) is 0 Å². The van der Waals surface area contributed by atoms with Crippen molar-refractivity contribution in [2.45, 2.75) is 122 Å². The van der Waals surface area contributed by atoms with Gasteiger partial charge in [-0.1, -0.05) is 113 Å². The predicted molar refractivity (Wildman–Crippen MR) is 152 cm³/mol. The average molecular weight is 512 g/mol. The molecule has 0 fully saturated rings. The monoisotopic (exact) mass is 511 g/mol. The van der Waals surface area contributed by atoms with Crippen molar-refractivity contribution in [2.75, 3.05) is 0 Å². The van der Waals surface area contributed by atoms with E-state index < -0.39 is 17.8 Å². The zero-order valence-electron chi connectivity index (χ0n) is 23.5. The largest absolute Gasteiger partial charge is 0.444 e. The molecule has 2 aromatic rings. The average Bonchev–Trinajstić information content (AvgIpc) is 2.86. The second-order valence-electron chi connectivity index (χ2n) is 11.1. The van der Waals surface area contributed by atoms with Gasteiger partial charge in [0.2, 0.25) is 0 Å². The maximum absolute atomic E-state index is 12.8. The number of ether oxygens (including phenoxy) is 2. The fraction of sp³-hybridized carbons (Fsp3) is 0.594. The Labute approximate surface area is 225 Å². The van der Waals surface area contributed by atoms with E-state index in [1.807, 2.05) is 81.4 Å². The van der Waals surface area contributed by atoms with Crippen LogP contribution in [0, 0.1) is 0 Å². The lowest BCUT2D eigenvalue weighted by atomic mass is 9.95. The van der Waals surface area contributed by atoms with E-state index in [1.165, 1.54) is 32.1 Å². The Morgan fingerprint density at radius 3 is 2.03 bits per heavy atom. The van der Waals surface area contributed by atoms with Crippen LogP contribution in [0.25, 0.3) is 0 Å². The van der Waals surface area contributed by atoms with Crippen LogP contribution in [-0.2, 0) is 22.5 Å². The van der Waals surface area contributed by atoms with Crippen molar-refractivity contribution in [1.82, 2.24) is 5.32 Å². The van der Waals surface area contributed by atoms with Crippen molar-refractivity contribution in [3.8, 4) is 0 Å². The summed E-state index contributed by atoms with van der Waals surface area (Å²) in [5.74, 6) is 0. The molecule has 0 aromatic heterocycles. The van der Waals surface area contributed by atoms with E-state index in [2.05, 4.69) is 12.2 Å². The van der Waals surface area contributed by atoms with Gasteiger partial charge in [-0.3, -0.25) is 0 Å². The highest BCUT2D eigenvalue weighted by Gasteiger charge is 2.29. The van der Waals surface area contributed by atoms with Crippen LogP contribution in [-0.4, -0.2) is 35.1 Å². The molecule has 2 N–H and O–H groups in total. The lowest BCUT2D eigenvalue weighted by Gasteiger charge is -2.31. The molecule has 1 amide bonds. The van der Waals surface area contributed by atoms with Crippen LogP contribution in [0.15, 0.2) is 60.7 Å². The highest BCUT2D eigenvalue weighted by Crippen LogP contribution is 2.20. The van der Waals surface area contributed by atoms with Gasteiger partial charge in [0.15, 0.2) is 0 Å². The molecule has 0 aliphatic rings. The summed E-state index contributed by atoms with van der Waals surface area (Å²) in [5, 5.41) is 14.0. The number of amides is 1. The molecule has 5 heteroatoms. The van der Waals surface area contributed by atoms with Crippen LogP contribution in [0.4, 0.5) is 4.79 Å². The fourth-order valence-corrected chi connectivity index (χ4v) is 4.45. The summed E-state index contributed by atoms with van der Waals surface area (Å²) in [6.07, 6.45) is 8.94. The van der Waals surface area contributed by atoms with Crippen molar-refractivity contribution < 1.29 is 19.4 Å². The molecule has 0 aliphatic carbocycles. The standard InChI is InChI=1S/C32H49NO4/c1-5-6-7-8-9-10-17-22-28(34)24-30(36-25-27-20-15-12-16-21-27)29(23-26-18-13-11-14-19-26)33-31(35)37-32(2,3)4/h11-16,18-21,28-30,34H,5-10,17,22-25H2,1-4H3,(H,33,35)/t28-,29-,30-/m0/s1. The van der Waals surface area contributed by atoms with E-state index in [1.54, 1.807) is 0 Å². The Morgan fingerprint density at radius 2 is 1.43 bits per heavy atom. The summed E-state index contributed by atoms with van der Waals surface area (Å²) in [4.78, 5) is 12.8. The topological polar surface area (TPSA) is 67.8 Å². The van der Waals surface area contributed by atoms with Crippen LogP contribution in [0.2, 0.25) is 0 Å². The van der Waals surface area contributed by atoms with E-state index >= 15 is 0 Å². The van der Waals surface area contributed by atoms with Gasteiger partial charge >= 0.3 is 6.09 Å². The molecule has 5 nitrogen and oxygen atoms in total. The number of aliphatic hydroxyl groups is 1. The van der Waals surface area contributed by atoms with E-state index in [-0.39, 0.29) is 12.1 Å². The Hall–Kier alpha value is -2.37. The first kappa shape index (κ1) is 30.9. The molecule has 37 heavy (non-hydrogen) atoms. The van der Waals surface area contributed by atoms with Crippen molar-refractivity contribution in [1.29, 1.82) is 0 Å². The predicted octanol–water partition coefficient (Wildman–Crippen LogP) is 7.60. The SMILES string of the molecule is CCCCCCCCC[C@H](O)C[C@H](OCc1ccccc1)[C@H](Cc1ccccc1)NC(=O)OC(C)(C)C. The number of carbonyl (C=O) groups excluding carboxylic acids is 1. The number of hydrogen-bond acceptors (Lipinski definition) is 4. The second-order valence-corrected chi connectivity index (χ2v) is 11.1. The van der Waals surface area contributed by atoms with Gasteiger partial charge in [-0.05, 0) is 44.7 Å². The molecule has 2 rings (SSSR count). The lowest BCUT2D eigenvalue weighted by molar-refractivity contribution is -0.0227. The summed E-state index contributed by atoms with van der Waals surface area (Å²) in [5.41, 5.74) is 1.56. The summed E-state index contributed by atoms with van der Waals surface area (Å²) in [6, 6.07) is 19.7. The van der Waals surface area contributed by atoms with Crippen molar-refractivity contribution in [2.24, 2.45) is 0 Å². The third-order valence-corrected chi connectivity index (χ3v) is 6.40. The Bertz CT molecular complexity index is 850. The molecular weight excluding hydrogens is 462 g/mol. The van der Waals surface area contributed by atoms with Crippen molar-refractivity contribution in [3.05, 3.63) is 71.8 Å². The number of alkyl carbamates (subject to hydrolysis) is 1. The molecule has 0 bridgehead atoms. The first-order chi connectivity index (χ1) is 17.8. The lowest BCUT2D eigenvalue weighted by Crippen LogP contribution is -2.48. The van der Waals surface area contributed by atoms with Gasteiger partial charge < -0.3 is 19.9 Å². The van der Waals surface area contributed by atoms with E-state index in [9.17, 15) is 9.90 Å². The minimum atomic E-state index is -0.599. The molecule has 0 aliphatic heterocycles. The number of benzene rings is 2. The number of hydrogen-bond donors (Lipinski definition) is 2. The number of aliphatic hydroxyl groups excluding tert-OH is 1. The first-order valence-electron chi connectivity index (χ1n) is 14.1. The molecule has 3 atom stereocenters. The van der Waals surface area contributed by atoms with Crippen LogP contribution in [0.5, 0.6) is 0 Å². The van der Waals surface area contributed by atoms with Gasteiger partial charge in [0.1, 0.15) is 5.60 Å². The van der Waals surface area contributed by atoms with Gasteiger partial charge in [-0.2, -0.15) is 0 Å². The normalized spacial score (nSPS) is 14.1. The van der Waals surface area contributed by atoms with Gasteiger partial charge in [-0.25, -0.2) is 4.79 Å². The molecular formula is C32H49NO4. The van der Waals surface area contributed by atoms with Crippen LogP contribution in [0.1, 0.15) is 96.6 Å². The number of rotatable bonds is 17. The molecule has 0 saturated carbocycles. The molecule has 0 radical (unpaired) electrons. The zero-order chi connectivity index (χ0) is 26.9. The summed E-state index contributed by atoms with van der Waals surface area (Å²) in [7, 11) is 0. The zero-order valence-corrected chi connectivity index (χ0v) is 23.5. The maximum Gasteiger partial charge on any atom is 0.407 e. The molecule has 0 heterocycles. The van der Waals surface area contributed by atoms with Crippen molar-refractivity contribution in [3.63, 3.8) is 0 Å². The van der Waals surface area contributed by atoms with Gasteiger partial charge in [0.05, 0.1) is 24.9 Å². The fourth-order valence-electron chi connectivity index (χ4n) is 4.45. The number of carbonyl (C=O) groups is 1. The van der Waals surface area contributed by atoms with Gasteiger partial charge in [-0.15, -0.1) is 0 Å². The first-order valence-corrected chi connectivity index (χ1v) is 14.1. The van der Waals surface area contributed by atoms with E-state index in [0.29, 0.717) is 19.4 Å². The molecule has 0 unspecified atom stereocenters. The van der Waals surface area contributed by atoms with Gasteiger partial charge in [0, 0.05) is 6.42 Å². The molecule has 2 aromatic carbocycles. The minimum Gasteiger partial charge on any atom is -0.444 e. The smallest absolute Gasteiger partial charge is 0.407 e. The minimum absolute atomic E-state index is 0.343. The Kier molecular flexibility index (Phi) is 14.3. The summed E-state index contributed by atoms with van der Waals surface area (Å²) >= 11 is 0. The van der Waals surface area contributed by atoms with E-state index in [0.717, 1.165) is 30.4 Å². The quantitative estimate of drug-likeness (QED) is 0.215. The number of unbranched alkanes of at least 4 members (excludes halogenated alkanes) is 6. The third-order valence-electron chi connectivity index (χ3n) is 6.40. The van der Waals surface area contributed by atoms with Crippen LogP contribution in [0.3, 0.4) is 0 Å². The van der Waals surface area contributed by atoms with E-state index in [4.69, 9.17) is 9.47 Å². The molecule has 206 valence electrons. The number of nitrogens with one attached hydrogen (secondary N) is 1.